The number of halogens is 2. The third-order valence-electron chi connectivity index (χ3n) is 2.20. The molecule has 15 heavy (non-hydrogen) atoms. The van der Waals surface area contributed by atoms with Crippen molar-refractivity contribution in [3.63, 3.8) is 0 Å². The molecule has 1 aromatic carbocycles. The van der Waals surface area contributed by atoms with Crippen LogP contribution in [-0.2, 0) is 0 Å². The number of nitrogen functional groups attached to an aromatic ring is 1. The summed E-state index contributed by atoms with van der Waals surface area (Å²) in [5.74, 6) is -0.470. The van der Waals surface area contributed by atoms with E-state index in [1.165, 1.54) is 18.3 Å². The molecule has 0 spiro atoms. The average molecular weight is 226 g/mol. The molecule has 2 rings (SSSR count). The third kappa shape index (κ3) is 1.68. The number of benzene rings is 1. The van der Waals surface area contributed by atoms with Gasteiger partial charge in [0.05, 0.1) is 28.3 Å². The fraction of sp³-hybridized carbons (Fsp3) is 0.100. The van der Waals surface area contributed by atoms with E-state index in [4.69, 9.17) is 17.3 Å². The van der Waals surface area contributed by atoms with Crippen molar-refractivity contribution in [3.05, 3.63) is 40.9 Å². The summed E-state index contributed by atoms with van der Waals surface area (Å²) >= 11 is 5.58. The molecule has 0 aliphatic carbocycles. The van der Waals surface area contributed by atoms with E-state index in [0.29, 0.717) is 11.4 Å². The van der Waals surface area contributed by atoms with E-state index in [9.17, 15) is 4.39 Å². The smallest absolute Gasteiger partial charge is 0.143 e. The zero-order valence-electron chi connectivity index (χ0n) is 8.04. The maximum atomic E-state index is 13.2. The van der Waals surface area contributed by atoms with Crippen LogP contribution in [0.25, 0.3) is 5.69 Å². The normalized spacial score (nSPS) is 10.6. The minimum absolute atomic E-state index is 0.0940. The second-order valence-corrected chi connectivity index (χ2v) is 3.60. The minimum atomic E-state index is -0.470. The molecule has 0 amide bonds. The van der Waals surface area contributed by atoms with Crippen LogP contribution in [-0.4, -0.2) is 9.78 Å². The van der Waals surface area contributed by atoms with Crippen molar-refractivity contribution in [2.75, 3.05) is 5.73 Å². The van der Waals surface area contributed by atoms with E-state index in [0.717, 1.165) is 5.69 Å². The molecule has 2 aromatic rings. The first kappa shape index (κ1) is 9.98. The average Bonchev–Trinajstić information content (AvgIpc) is 2.53. The van der Waals surface area contributed by atoms with Gasteiger partial charge in [-0.25, -0.2) is 9.07 Å². The van der Waals surface area contributed by atoms with E-state index in [-0.39, 0.29) is 5.02 Å². The lowest BCUT2D eigenvalue weighted by Crippen LogP contribution is -2.00. The van der Waals surface area contributed by atoms with Gasteiger partial charge in [0, 0.05) is 6.07 Å². The molecule has 0 saturated carbocycles. The lowest BCUT2D eigenvalue weighted by molar-refractivity contribution is 0.625. The molecule has 1 heterocycles. The quantitative estimate of drug-likeness (QED) is 0.811. The highest BCUT2D eigenvalue weighted by molar-refractivity contribution is 6.30. The second kappa shape index (κ2) is 3.55. The van der Waals surface area contributed by atoms with E-state index in [1.807, 2.05) is 6.92 Å². The SMILES string of the molecule is Cc1c(N)cnn1-c1ccc(Cl)c(F)c1. The fourth-order valence-electron chi connectivity index (χ4n) is 1.30. The van der Waals surface area contributed by atoms with E-state index in [2.05, 4.69) is 5.10 Å². The molecule has 0 bridgehead atoms. The molecule has 78 valence electrons. The Labute approximate surface area is 91.3 Å². The molecule has 2 N–H and O–H groups in total. The topological polar surface area (TPSA) is 43.8 Å². The number of nitrogens with zero attached hydrogens (tertiary/aromatic N) is 2. The Kier molecular flexibility index (Phi) is 2.36. The van der Waals surface area contributed by atoms with Gasteiger partial charge < -0.3 is 5.73 Å². The molecular formula is C10H9ClFN3. The number of hydrogen-bond donors (Lipinski definition) is 1. The van der Waals surface area contributed by atoms with Gasteiger partial charge in [0.1, 0.15) is 5.82 Å². The van der Waals surface area contributed by atoms with Crippen LogP contribution in [0, 0.1) is 12.7 Å². The van der Waals surface area contributed by atoms with Crippen molar-refractivity contribution in [2.45, 2.75) is 6.92 Å². The van der Waals surface area contributed by atoms with Crippen LogP contribution in [0.5, 0.6) is 0 Å². The first-order chi connectivity index (χ1) is 7.09. The summed E-state index contributed by atoms with van der Waals surface area (Å²) in [6, 6.07) is 4.50. The Morgan fingerprint density at radius 3 is 2.73 bits per heavy atom. The van der Waals surface area contributed by atoms with E-state index < -0.39 is 5.82 Å². The molecule has 0 aliphatic rings. The first-order valence-electron chi connectivity index (χ1n) is 4.35. The standard InChI is InChI=1S/C10H9ClFN3/c1-6-10(13)5-14-15(6)7-2-3-8(11)9(12)4-7/h2-5H,13H2,1H3. The Bertz CT molecular complexity index is 507. The number of aromatic nitrogens is 2. The summed E-state index contributed by atoms with van der Waals surface area (Å²) in [4.78, 5) is 0. The van der Waals surface area contributed by atoms with Gasteiger partial charge in [-0.1, -0.05) is 11.6 Å². The molecule has 0 atom stereocenters. The maximum absolute atomic E-state index is 13.2. The number of hydrogen-bond acceptors (Lipinski definition) is 2. The molecule has 0 fully saturated rings. The molecule has 0 saturated heterocycles. The van der Waals surface area contributed by atoms with Crippen LogP contribution >= 0.6 is 11.6 Å². The fourth-order valence-corrected chi connectivity index (χ4v) is 1.42. The highest BCUT2D eigenvalue weighted by atomic mass is 35.5. The lowest BCUT2D eigenvalue weighted by Gasteiger charge is -2.05. The van der Waals surface area contributed by atoms with Gasteiger partial charge in [0.2, 0.25) is 0 Å². The maximum Gasteiger partial charge on any atom is 0.143 e. The minimum Gasteiger partial charge on any atom is -0.396 e. The van der Waals surface area contributed by atoms with Gasteiger partial charge in [-0.3, -0.25) is 0 Å². The highest BCUT2D eigenvalue weighted by Gasteiger charge is 2.07. The monoisotopic (exact) mass is 225 g/mol. The highest BCUT2D eigenvalue weighted by Crippen LogP contribution is 2.20. The second-order valence-electron chi connectivity index (χ2n) is 3.20. The van der Waals surface area contributed by atoms with Gasteiger partial charge in [0.15, 0.2) is 0 Å². The van der Waals surface area contributed by atoms with Crippen LogP contribution < -0.4 is 5.73 Å². The summed E-state index contributed by atoms with van der Waals surface area (Å²) < 4.78 is 14.8. The predicted octanol–water partition coefficient (Wildman–Crippen LogP) is 2.56. The Morgan fingerprint density at radius 1 is 1.47 bits per heavy atom. The van der Waals surface area contributed by atoms with Crippen LogP contribution in [0.15, 0.2) is 24.4 Å². The van der Waals surface area contributed by atoms with Crippen LogP contribution in [0.1, 0.15) is 5.69 Å². The number of anilines is 1. The van der Waals surface area contributed by atoms with Crippen LogP contribution in [0.3, 0.4) is 0 Å². The van der Waals surface area contributed by atoms with Gasteiger partial charge >= 0.3 is 0 Å². The third-order valence-corrected chi connectivity index (χ3v) is 2.50. The summed E-state index contributed by atoms with van der Waals surface area (Å²) in [6.45, 7) is 1.81. The van der Waals surface area contributed by atoms with Gasteiger partial charge in [0.25, 0.3) is 0 Å². The molecule has 0 aliphatic heterocycles. The van der Waals surface area contributed by atoms with Gasteiger partial charge in [-0.05, 0) is 19.1 Å². The van der Waals surface area contributed by atoms with E-state index >= 15 is 0 Å². The zero-order valence-corrected chi connectivity index (χ0v) is 8.79. The summed E-state index contributed by atoms with van der Waals surface area (Å²) in [6.07, 6.45) is 1.53. The van der Waals surface area contributed by atoms with E-state index in [1.54, 1.807) is 10.7 Å². The molecule has 0 radical (unpaired) electrons. The lowest BCUT2D eigenvalue weighted by atomic mass is 10.3. The first-order valence-corrected chi connectivity index (χ1v) is 4.73. The molecule has 0 unspecified atom stereocenters. The zero-order chi connectivity index (χ0) is 11.0. The molecule has 3 nitrogen and oxygen atoms in total. The predicted molar refractivity (Wildman–Crippen MR) is 57.7 cm³/mol. The summed E-state index contributed by atoms with van der Waals surface area (Å²) in [5, 5.41) is 4.13. The van der Waals surface area contributed by atoms with Crippen molar-refractivity contribution in [2.24, 2.45) is 0 Å². The Hall–Kier alpha value is -1.55. The van der Waals surface area contributed by atoms with Gasteiger partial charge in [-0.2, -0.15) is 5.10 Å². The van der Waals surface area contributed by atoms with Crippen molar-refractivity contribution in [1.29, 1.82) is 0 Å². The van der Waals surface area contributed by atoms with Crippen molar-refractivity contribution < 1.29 is 4.39 Å². The van der Waals surface area contributed by atoms with Gasteiger partial charge in [-0.15, -0.1) is 0 Å². The van der Waals surface area contributed by atoms with Crippen LogP contribution in [0.4, 0.5) is 10.1 Å². The molecule has 1 aromatic heterocycles. The molecule has 5 heteroatoms. The van der Waals surface area contributed by atoms with Crippen molar-refractivity contribution in [3.8, 4) is 5.69 Å². The molecular weight excluding hydrogens is 217 g/mol. The Morgan fingerprint density at radius 2 is 2.20 bits per heavy atom. The Balaban J connectivity index is 2.55. The largest absolute Gasteiger partial charge is 0.396 e. The number of rotatable bonds is 1. The van der Waals surface area contributed by atoms with Crippen LogP contribution in [0.2, 0.25) is 5.02 Å². The summed E-state index contributed by atoms with van der Waals surface area (Å²) in [7, 11) is 0. The number of nitrogens with two attached hydrogens (primary N) is 1. The van der Waals surface area contributed by atoms with Crippen molar-refractivity contribution >= 4 is 17.3 Å². The van der Waals surface area contributed by atoms with Crippen molar-refractivity contribution in [1.82, 2.24) is 9.78 Å². The summed E-state index contributed by atoms with van der Waals surface area (Å²) in [5.41, 5.74) is 7.59.